The Kier molecular flexibility index (Phi) is 7.14. The van der Waals surface area contributed by atoms with E-state index < -0.39 is 0 Å². The standard InChI is InChI=1S/C30H18N4O3.C2H6/c35-16-22-4-1-19-13-25(7-10-28(19)31-22)34(26-8-11-29-20(14-26)2-5-23(17-36)32-29)27-9-12-30-21(15-27)3-6-24(18-37)33-30;1-2/h1-18H;1-2H3. The van der Waals surface area contributed by atoms with Crippen LogP contribution < -0.4 is 4.90 Å². The number of carbonyl (C=O) groups is 3. The van der Waals surface area contributed by atoms with Gasteiger partial charge in [-0.2, -0.15) is 0 Å². The van der Waals surface area contributed by atoms with E-state index in [1.165, 1.54) is 0 Å². The van der Waals surface area contributed by atoms with E-state index in [0.29, 0.717) is 17.1 Å². The van der Waals surface area contributed by atoms with Crippen LogP contribution >= 0.6 is 0 Å². The number of benzene rings is 3. The molecule has 0 aliphatic rings. The largest absolute Gasteiger partial charge is 0.310 e. The van der Waals surface area contributed by atoms with Crippen LogP contribution in [0.25, 0.3) is 32.7 Å². The van der Waals surface area contributed by atoms with Crippen LogP contribution in [0.15, 0.2) is 91.0 Å². The quantitative estimate of drug-likeness (QED) is 0.217. The zero-order chi connectivity index (χ0) is 27.4. The maximum atomic E-state index is 11.2. The summed E-state index contributed by atoms with van der Waals surface area (Å²) < 4.78 is 0. The van der Waals surface area contributed by atoms with Crippen molar-refractivity contribution in [1.29, 1.82) is 0 Å². The van der Waals surface area contributed by atoms with E-state index in [1.807, 2.05) is 86.6 Å². The van der Waals surface area contributed by atoms with Crippen LogP contribution in [0, 0.1) is 0 Å². The molecule has 0 unspecified atom stereocenters. The van der Waals surface area contributed by atoms with Gasteiger partial charge >= 0.3 is 0 Å². The van der Waals surface area contributed by atoms with Crippen molar-refractivity contribution in [2.24, 2.45) is 0 Å². The minimum atomic E-state index is 0.380. The van der Waals surface area contributed by atoms with Crippen molar-refractivity contribution in [3.05, 3.63) is 108 Å². The van der Waals surface area contributed by atoms with Crippen molar-refractivity contribution < 1.29 is 14.4 Å². The zero-order valence-electron chi connectivity index (χ0n) is 21.4. The third-order valence-electron chi connectivity index (χ3n) is 6.22. The number of aromatic nitrogens is 3. The number of carbonyl (C=O) groups excluding carboxylic acids is 3. The Morgan fingerprint density at radius 1 is 0.462 bits per heavy atom. The van der Waals surface area contributed by atoms with Crippen LogP contribution in [0.1, 0.15) is 45.3 Å². The van der Waals surface area contributed by atoms with Crippen LogP contribution in [-0.4, -0.2) is 33.8 Å². The molecule has 0 amide bonds. The van der Waals surface area contributed by atoms with E-state index in [4.69, 9.17) is 0 Å². The summed E-state index contributed by atoms with van der Waals surface area (Å²) in [4.78, 5) is 48.8. The Morgan fingerprint density at radius 2 is 0.769 bits per heavy atom. The Morgan fingerprint density at radius 3 is 1.05 bits per heavy atom. The predicted octanol–water partition coefficient (Wildman–Crippen LogP) is 7.26. The van der Waals surface area contributed by atoms with Crippen molar-refractivity contribution in [3.63, 3.8) is 0 Å². The molecule has 0 N–H and O–H groups in total. The van der Waals surface area contributed by atoms with Crippen LogP contribution in [0.2, 0.25) is 0 Å². The van der Waals surface area contributed by atoms with Gasteiger partial charge in [0.2, 0.25) is 0 Å². The molecule has 0 radical (unpaired) electrons. The second-order valence-corrected chi connectivity index (χ2v) is 8.53. The number of aldehydes is 3. The van der Waals surface area contributed by atoms with Gasteiger partial charge in [-0.25, -0.2) is 15.0 Å². The number of hydrogen-bond acceptors (Lipinski definition) is 7. The fourth-order valence-electron chi connectivity index (χ4n) is 4.45. The average Bonchev–Trinajstić information content (AvgIpc) is 3.01. The summed E-state index contributed by atoms with van der Waals surface area (Å²) in [6, 6.07) is 28.3. The van der Waals surface area contributed by atoms with Crippen molar-refractivity contribution in [3.8, 4) is 0 Å². The topological polar surface area (TPSA) is 93.1 Å². The molecule has 0 aliphatic carbocycles. The van der Waals surface area contributed by atoms with E-state index in [-0.39, 0.29) is 0 Å². The maximum Gasteiger partial charge on any atom is 0.168 e. The molecule has 3 heterocycles. The third-order valence-corrected chi connectivity index (χ3v) is 6.22. The number of hydrogen-bond donors (Lipinski definition) is 0. The van der Waals surface area contributed by atoms with Gasteiger partial charge in [0.15, 0.2) is 18.9 Å². The summed E-state index contributed by atoms with van der Waals surface area (Å²) in [5.41, 5.74) is 5.98. The lowest BCUT2D eigenvalue weighted by Gasteiger charge is -2.26. The second kappa shape index (κ2) is 11.0. The van der Waals surface area contributed by atoms with Gasteiger partial charge in [-0.05, 0) is 72.8 Å². The fraction of sp³-hybridized carbons (Fsp3) is 0.0625. The van der Waals surface area contributed by atoms with Gasteiger partial charge in [0, 0.05) is 33.2 Å². The highest BCUT2D eigenvalue weighted by Crippen LogP contribution is 2.38. The lowest BCUT2D eigenvalue weighted by atomic mass is 10.1. The molecule has 7 heteroatoms. The molecule has 0 saturated heterocycles. The molecule has 0 bridgehead atoms. The third kappa shape index (κ3) is 4.98. The van der Waals surface area contributed by atoms with E-state index >= 15 is 0 Å². The summed E-state index contributed by atoms with van der Waals surface area (Å²) in [5.74, 6) is 0. The molecule has 39 heavy (non-hydrogen) atoms. The number of anilines is 3. The number of rotatable bonds is 6. The Labute approximate surface area is 224 Å². The minimum Gasteiger partial charge on any atom is -0.310 e. The molecule has 3 aromatic carbocycles. The average molecular weight is 513 g/mol. The van der Waals surface area contributed by atoms with E-state index in [1.54, 1.807) is 18.2 Å². The van der Waals surface area contributed by atoms with Crippen molar-refractivity contribution >= 4 is 68.6 Å². The van der Waals surface area contributed by atoms with Gasteiger partial charge in [-0.3, -0.25) is 14.4 Å². The first-order chi connectivity index (χ1) is 19.1. The summed E-state index contributed by atoms with van der Waals surface area (Å²) in [6.07, 6.45) is 2.20. The molecule has 0 atom stereocenters. The maximum absolute atomic E-state index is 11.2. The van der Waals surface area contributed by atoms with E-state index in [2.05, 4.69) is 19.9 Å². The van der Waals surface area contributed by atoms with Gasteiger partial charge in [-0.15, -0.1) is 0 Å². The molecule has 0 saturated carbocycles. The smallest absolute Gasteiger partial charge is 0.168 e. The van der Waals surface area contributed by atoms with Crippen LogP contribution in [-0.2, 0) is 0 Å². The molecule has 6 aromatic rings. The summed E-state index contributed by atoms with van der Waals surface area (Å²) >= 11 is 0. The first-order valence-electron chi connectivity index (χ1n) is 12.5. The van der Waals surface area contributed by atoms with Gasteiger partial charge < -0.3 is 4.90 Å². The fourth-order valence-corrected chi connectivity index (χ4v) is 4.45. The number of nitrogens with zero attached hydrogens (tertiary/aromatic N) is 4. The Bertz CT molecular complexity index is 1650. The molecule has 6 rings (SSSR count). The number of pyridine rings is 3. The second-order valence-electron chi connectivity index (χ2n) is 8.53. The van der Waals surface area contributed by atoms with Gasteiger partial charge in [0.25, 0.3) is 0 Å². The van der Waals surface area contributed by atoms with Gasteiger partial charge in [0.05, 0.1) is 16.6 Å². The highest BCUT2D eigenvalue weighted by atomic mass is 16.1. The number of fused-ring (bicyclic) bond motifs is 3. The summed E-state index contributed by atoms with van der Waals surface area (Å²) in [5, 5.41) is 2.68. The van der Waals surface area contributed by atoms with Crippen molar-refractivity contribution in [2.45, 2.75) is 13.8 Å². The normalized spacial score (nSPS) is 10.6. The SMILES string of the molecule is CC.O=Cc1ccc2cc(N(c3ccc4nc(C=O)ccc4c3)c3ccc4nc(C=O)ccc4c3)ccc2n1. The Hall–Kier alpha value is -5.30. The lowest BCUT2D eigenvalue weighted by Crippen LogP contribution is -2.10. The monoisotopic (exact) mass is 512 g/mol. The zero-order valence-corrected chi connectivity index (χ0v) is 21.4. The van der Waals surface area contributed by atoms with Crippen LogP contribution in [0.5, 0.6) is 0 Å². The highest BCUT2D eigenvalue weighted by Gasteiger charge is 2.15. The first-order valence-corrected chi connectivity index (χ1v) is 12.5. The first kappa shape index (κ1) is 25.4. The van der Waals surface area contributed by atoms with Crippen molar-refractivity contribution in [1.82, 2.24) is 15.0 Å². The van der Waals surface area contributed by atoms with Crippen LogP contribution in [0.4, 0.5) is 17.1 Å². The van der Waals surface area contributed by atoms with Gasteiger partial charge in [0.1, 0.15) is 17.1 Å². The molecule has 0 spiro atoms. The predicted molar refractivity (Wildman–Crippen MR) is 155 cm³/mol. The van der Waals surface area contributed by atoms with Gasteiger partial charge in [-0.1, -0.05) is 32.0 Å². The lowest BCUT2D eigenvalue weighted by molar-refractivity contribution is 0.111. The Balaban J connectivity index is 0.00000151. The van der Waals surface area contributed by atoms with E-state index in [9.17, 15) is 14.4 Å². The molecular formula is C32H24N4O3. The molecule has 3 aromatic heterocycles. The molecule has 7 nitrogen and oxygen atoms in total. The highest BCUT2D eigenvalue weighted by molar-refractivity contribution is 5.94. The minimum absolute atomic E-state index is 0.380. The van der Waals surface area contributed by atoms with Crippen molar-refractivity contribution in [2.75, 3.05) is 4.90 Å². The molecule has 0 aliphatic heterocycles. The molecule has 0 fully saturated rings. The molecular weight excluding hydrogens is 488 g/mol. The molecule has 190 valence electrons. The summed E-state index contributed by atoms with van der Waals surface area (Å²) in [6.45, 7) is 4.00. The van der Waals surface area contributed by atoms with Crippen LogP contribution in [0.3, 0.4) is 0 Å². The van der Waals surface area contributed by atoms with E-state index in [0.717, 1.165) is 68.6 Å². The summed E-state index contributed by atoms with van der Waals surface area (Å²) in [7, 11) is 0.